The number of nitrogens with one attached hydrogen (secondary N) is 2. The van der Waals surface area contributed by atoms with Crippen molar-refractivity contribution in [2.45, 2.75) is 80.1 Å². The highest BCUT2D eigenvalue weighted by molar-refractivity contribution is 5.70. The molecule has 0 aromatic carbocycles. The summed E-state index contributed by atoms with van der Waals surface area (Å²) in [6, 6.07) is 0. The smallest absolute Gasteiger partial charge is 0.303 e. The number of carboxylic acid groups (broad SMARTS) is 2. The van der Waals surface area contributed by atoms with Crippen molar-refractivity contribution >= 4 is 43.0 Å². The molecule has 3 aromatic rings. The van der Waals surface area contributed by atoms with E-state index in [0.717, 1.165) is 79.5 Å². The van der Waals surface area contributed by atoms with Gasteiger partial charge >= 0.3 is 11.9 Å². The lowest BCUT2D eigenvalue weighted by Gasteiger charge is -2.05. The molecule has 8 bridgehead atoms. The third-order valence-corrected chi connectivity index (χ3v) is 9.03. The molecule has 2 aliphatic rings. The molecule has 0 amide bonds. The highest BCUT2D eigenvalue weighted by Crippen LogP contribution is 2.32. The van der Waals surface area contributed by atoms with Crippen LogP contribution in [0.5, 0.6) is 0 Å². The number of aliphatic carboxylic acids is 2. The summed E-state index contributed by atoms with van der Waals surface area (Å²) in [7, 11) is 0. The number of aromatic amines is 2. The molecular weight excluding hydrogens is 540 g/mol. The minimum atomic E-state index is -0.868. The second-order valence-corrected chi connectivity index (χ2v) is 11.5. The third-order valence-electron chi connectivity index (χ3n) is 9.03. The molecule has 4 N–H and O–H groups in total. The van der Waals surface area contributed by atoms with E-state index in [9.17, 15) is 19.8 Å². The molecule has 0 saturated heterocycles. The predicted octanol–water partition coefficient (Wildman–Crippen LogP) is 2.72. The van der Waals surface area contributed by atoms with Crippen molar-refractivity contribution in [3.05, 3.63) is 88.7 Å². The van der Waals surface area contributed by atoms with Gasteiger partial charge in [-0.1, -0.05) is 31.1 Å². The minimum Gasteiger partial charge on any atom is -0.657 e. The van der Waals surface area contributed by atoms with E-state index in [1.165, 1.54) is 16.7 Å². The van der Waals surface area contributed by atoms with Crippen LogP contribution in [0, 0.1) is 20.8 Å². The van der Waals surface area contributed by atoms with Gasteiger partial charge in [-0.25, -0.2) is 0 Å². The molecule has 5 heterocycles. The highest BCUT2D eigenvalue weighted by Gasteiger charge is 2.30. The normalized spacial score (nSPS) is 14.4. The van der Waals surface area contributed by atoms with Crippen LogP contribution in [-0.4, -0.2) is 43.4 Å². The number of hydrogen-bond donors (Lipinski definition) is 4. The van der Waals surface area contributed by atoms with E-state index in [-0.39, 0.29) is 12.8 Å². The van der Waals surface area contributed by atoms with Gasteiger partial charge < -0.3 is 25.2 Å². The first-order valence-corrected chi connectivity index (χ1v) is 14.9. The van der Waals surface area contributed by atoms with Crippen molar-refractivity contribution in [1.29, 1.82) is 0 Å². The van der Waals surface area contributed by atoms with Gasteiger partial charge in [0.1, 0.15) is 6.72 Å². The second kappa shape index (κ2) is 11.6. The van der Waals surface area contributed by atoms with Crippen LogP contribution in [0.1, 0.15) is 84.8 Å². The molecule has 0 fully saturated rings. The summed E-state index contributed by atoms with van der Waals surface area (Å²) in [5.74, 6) is -1.73. The maximum atomic E-state index is 11.6. The number of hydrogen-bond acceptors (Lipinski definition) is 2. The zero-order valence-electron chi connectivity index (χ0n) is 25.9. The van der Waals surface area contributed by atoms with E-state index in [2.05, 4.69) is 62.6 Å². The lowest BCUT2D eigenvalue weighted by atomic mass is 10.0. The maximum absolute atomic E-state index is 11.6. The molecule has 0 radical (unpaired) electrons. The fourth-order valence-corrected chi connectivity index (χ4v) is 6.52. The number of fused-ring (bicyclic) bond motifs is 8. The van der Waals surface area contributed by atoms with Crippen molar-refractivity contribution in [1.82, 2.24) is 15.0 Å². The lowest BCUT2D eigenvalue weighted by Crippen LogP contribution is -2.18. The first-order valence-electron chi connectivity index (χ1n) is 14.9. The first-order chi connectivity index (χ1) is 20.4. The molecular formula is C35H40N4O4. The quantitative estimate of drug-likeness (QED) is 0.305. The fourth-order valence-electron chi connectivity index (χ4n) is 6.52. The van der Waals surface area contributed by atoms with Crippen molar-refractivity contribution in [3.63, 3.8) is 0 Å². The van der Waals surface area contributed by atoms with Crippen molar-refractivity contribution in [3.8, 4) is 0 Å². The first kappa shape index (κ1) is 29.9. The van der Waals surface area contributed by atoms with Gasteiger partial charge in [-0.15, -0.1) is 10.7 Å². The summed E-state index contributed by atoms with van der Waals surface area (Å²) in [6.45, 7) is 17.0. The lowest BCUT2D eigenvalue weighted by molar-refractivity contribution is -0.391. The zero-order valence-corrected chi connectivity index (χ0v) is 25.9. The zero-order chi connectivity index (χ0) is 31.2. The van der Waals surface area contributed by atoms with Crippen molar-refractivity contribution < 1.29 is 24.4 Å². The molecule has 0 saturated carbocycles. The summed E-state index contributed by atoms with van der Waals surface area (Å²) < 4.78 is 1.98. The van der Waals surface area contributed by atoms with E-state index >= 15 is 0 Å². The number of carboxylic acids is 2. The third kappa shape index (κ3) is 5.38. The number of nitrogens with zero attached hydrogens (tertiary/aromatic N) is 2. The second-order valence-electron chi connectivity index (χ2n) is 11.5. The average molecular weight is 581 g/mol. The number of allylic oxidation sites excluding steroid dienone is 4. The van der Waals surface area contributed by atoms with Gasteiger partial charge in [-0.3, -0.25) is 9.59 Å². The number of aromatic nitrogens is 3. The fraction of sp³-hybridized carbons (Fsp3) is 0.343. The number of H-pyrrole nitrogens is 2. The monoisotopic (exact) mass is 580 g/mol. The topological polar surface area (TPSA) is 123 Å². The van der Waals surface area contributed by atoms with Gasteiger partial charge in [-0.2, -0.15) is 4.58 Å². The van der Waals surface area contributed by atoms with Gasteiger partial charge in [0.25, 0.3) is 0 Å². The van der Waals surface area contributed by atoms with Crippen molar-refractivity contribution in [2.24, 2.45) is 0 Å². The van der Waals surface area contributed by atoms with E-state index in [1.807, 2.05) is 24.5 Å². The molecule has 0 unspecified atom stereocenters. The number of carbonyl (C=O) groups is 2. The summed E-state index contributed by atoms with van der Waals surface area (Å²) in [6.07, 6.45) is 10.7. The molecule has 224 valence electrons. The molecule has 5 rings (SSSR count). The van der Waals surface area contributed by atoms with Crippen LogP contribution in [0.2, 0.25) is 0 Å². The van der Waals surface area contributed by atoms with Crippen LogP contribution in [-0.2, 0) is 28.9 Å². The van der Waals surface area contributed by atoms with Gasteiger partial charge in [-0.05, 0) is 87.8 Å². The summed E-state index contributed by atoms with van der Waals surface area (Å²) in [5, 5.41) is 22.5. The van der Waals surface area contributed by atoms with Crippen LogP contribution in [0.3, 0.4) is 0 Å². The molecule has 0 aliphatic carbocycles. The minimum absolute atomic E-state index is 0.0000905. The molecule has 3 aromatic heterocycles. The Labute approximate surface area is 250 Å². The standard InChI is InChI=1S/C35H40N4O4/c1-8-22-18(3)28-17-33-23(9-2)21(6)32(39(33)7)16-27-20(5)25(11-13-35(42)43)31(38-27)15-30-24(10-12-34(40)41)19(4)26(36-30)14-29(22)37-28/h14-17,36-37H,7-13H2,1-6H3,(H,40,41)(H,42,43). The molecule has 0 atom stereocenters. The Kier molecular flexibility index (Phi) is 8.06. The molecule has 8 heteroatoms. The predicted molar refractivity (Wildman–Crippen MR) is 169 cm³/mol. The summed E-state index contributed by atoms with van der Waals surface area (Å²) in [5.41, 5.74) is 12.2. The van der Waals surface area contributed by atoms with Gasteiger partial charge in [0.2, 0.25) is 11.4 Å². The summed E-state index contributed by atoms with van der Waals surface area (Å²) in [4.78, 5) is 35.4. The van der Waals surface area contributed by atoms with Crippen molar-refractivity contribution in [2.75, 3.05) is 0 Å². The van der Waals surface area contributed by atoms with Crippen LogP contribution in [0.4, 0.5) is 0 Å². The average Bonchev–Trinajstić information content (AvgIpc) is 3.59. The van der Waals surface area contributed by atoms with E-state index in [1.54, 1.807) is 0 Å². The Morgan fingerprint density at radius 1 is 0.744 bits per heavy atom. The number of rotatable bonds is 8. The maximum Gasteiger partial charge on any atom is 0.303 e. The van der Waals surface area contributed by atoms with Gasteiger partial charge in [0.05, 0.1) is 0 Å². The Hall–Kier alpha value is -4.59. The van der Waals surface area contributed by atoms with Crippen LogP contribution in [0.25, 0.3) is 24.3 Å². The van der Waals surface area contributed by atoms with E-state index < -0.39 is 11.9 Å². The van der Waals surface area contributed by atoms with Crippen LogP contribution >= 0.6 is 0 Å². The van der Waals surface area contributed by atoms with E-state index in [4.69, 9.17) is 4.98 Å². The van der Waals surface area contributed by atoms with Gasteiger partial charge in [0, 0.05) is 52.1 Å². The molecule has 2 aliphatic heterocycles. The SMILES string of the molecule is C=[N+]1C2=C(C)C(CC)=C1C=c1[nH]c(c(CC)c1C)=Cc1[nH]c(c(CCC(=O)O)c1C)C=c1[n-]c(c(C)c1CCC(=O)O)=C2. The van der Waals surface area contributed by atoms with Gasteiger partial charge in [0.15, 0.2) is 0 Å². The molecule has 43 heavy (non-hydrogen) atoms. The Morgan fingerprint density at radius 2 is 1.42 bits per heavy atom. The highest BCUT2D eigenvalue weighted by atomic mass is 16.4. The molecule has 0 spiro atoms. The summed E-state index contributed by atoms with van der Waals surface area (Å²) >= 11 is 0. The molecule has 8 nitrogen and oxygen atoms in total. The largest absolute Gasteiger partial charge is 0.657 e. The Balaban J connectivity index is 1.91. The van der Waals surface area contributed by atoms with Crippen LogP contribution < -0.4 is 26.4 Å². The Morgan fingerprint density at radius 3 is 2.05 bits per heavy atom. The van der Waals surface area contributed by atoms with Crippen LogP contribution in [0.15, 0.2) is 22.5 Å². The van der Waals surface area contributed by atoms with E-state index in [0.29, 0.717) is 18.2 Å². The Bertz CT molecular complexity index is 2010.